The van der Waals surface area contributed by atoms with Crippen molar-refractivity contribution in [3.05, 3.63) is 88.4 Å². The summed E-state index contributed by atoms with van der Waals surface area (Å²) in [7, 11) is 1.78. The van der Waals surface area contributed by atoms with Gasteiger partial charge in [-0.15, -0.1) is 0 Å². The fourth-order valence-electron chi connectivity index (χ4n) is 5.04. The molecule has 1 saturated heterocycles. The molecule has 0 spiro atoms. The minimum atomic E-state index is -0.208. The third-order valence-electron chi connectivity index (χ3n) is 7.11. The Bertz CT molecular complexity index is 1260. The van der Waals surface area contributed by atoms with Crippen LogP contribution in [0.2, 0.25) is 5.02 Å². The van der Waals surface area contributed by atoms with Crippen molar-refractivity contribution in [2.24, 2.45) is 0 Å². The Balaban J connectivity index is 1.25. The van der Waals surface area contributed by atoms with Crippen LogP contribution in [-0.2, 0) is 17.8 Å². The average molecular weight is 503 g/mol. The normalized spacial score (nSPS) is 16.5. The maximum absolute atomic E-state index is 13.3. The first-order valence-electron chi connectivity index (χ1n) is 12.5. The Labute approximate surface area is 217 Å². The largest absolute Gasteiger partial charge is 0.382 e. The number of amides is 2. The number of hydrogen-bond acceptors (Lipinski definition) is 4. The molecule has 2 amide bonds. The van der Waals surface area contributed by atoms with Gasteiger partial charge >= 0.3 is 0 Å². The molecular weight excluding hydrogens is 472 g/mol. The average Bonchev–Trinajstić information content (AvgIpc) is 2.88. The zero-order chi connectivity index (χ0) is 25.1. The quantitative estimate of drug-likeness (QED) is 0.462. The van der Waals surface area contributed by atoms with E-state index >= 15 is 0 Å². The molecule has 2 N–H and O–H groups in total. The number of rotatable bonds is 6. The van der Waals surface area contributed by atoms with Crippen LogP contribution in [0.1, 0.15) is 40.7 Å². The number of benzene rings is 3. The van der Waals surface area contributed by atoms with Gasteiger partial charge in [0.2, 0.25) is 5.91 Å². The minimum Gasteiger partial charge on any atom is -0.382 e. The summed E-state index contributed by atoms with van der Waals surface area (Å²) in [6, 6.07) is 21.9. The zero-order valence-corrected chi connectivity index (χ0v) is 21.2. The van der Waals surface area contributed by atoms with Crippen LogP contribution in [0, 0.1) is 0 Å². The van der Waals surface area contributed by atoms with Gasteiger partial charge in [-0.2, -0.15) is 0 Å². The molecule has 3 aromatic carbocycles. The van der Waals surface area contributed by atoms with Crippen molar-refractivity contribution in [2.45, 2.75) is 38.3 Å². The van der Waals surface area contributed by atoms with E-state index < -0.39 is 0 Å². The molecule has 7 heteroatoms. The Kier molecular flexibility index (Phi) is 7.25. The lowest BCUT2D eigenvalue weighted by molar-refractivity contribution is -0.118. The number of carbonyl (C=O) groups excluding carboxylic acids is 2. The highest BCUT2D eigenvalue weighted by molar-refractivity contribution is 6.31. The number of carbonyl (C=O) groups is 2. The molecule has 0 bridgehead atoms. The molecule has 5 rings (SSSR count). The van der Waals surface area contributed by atoms with Crippen molar-refractivity contribution >= 4 is 40.5 Å². The number of halogens is 1. The second-order valence-electron chi connectivity index (χ2n) is 9.62. The van der Waals surface area contributed by atoms with Crippen LogP contribution in [0.5, 0.6) is 0 Å². The molecule has 6 nitrogen and oxygen atoms in total. The van der Waals surface area contributed by atoms with Crippen molar-refractivity contribution in [2.75, 3.05) is 35.7 Å². The van der Waals surface area contributed by atoms with Gasteiger partial charge in [0.25, 0.3) is 5.91 Å². The predicted octanol–water partition coefficient (Wildman–Crippen LogP) is 5.58. The van der Waals surface area contributed by atoms with Gasteiger partial charge in [-0.25, -0.2) is 0 Å². The van der Waals surface area contributed by atoms with Crippen molar-refractivity contribution in [3.63, 3.8) is 0 Å². The summed E-state index contributed by atoms with van der Waals surface area (Å²) in [5.74, 6) is -0.120. The Morgan fingerprint density at radius 3 is 2.56 bits per heavy atom. The van der Waals surface area contributed by atoms with Crippen LogP contribution < -0.4 is 15.5 Å². The minimum absolute atomic E-state index is 0.0879. The topological polar surface area (TPSA) is 64.7 Å². The Morgan fingerprint density at radius 1 is 1.00 bits per heavy atom. The molecule has 1 fully saturated rings. The van der Waals surface area contributed by atoms with Crippen LogP contribution >= 0.6 is 11.6 Å². The summed E-state index contributed by atoms with van der Waals surface area (Å²) in [4.78, 5) is 29.5. The molecule has 3 aromatic rings. The molecule has 0 aliphatic carbocycles. The monoisotopic (exact) mass is 502 g/mol. The van der Waals surface area contributed by atoms with Gasteiger partial charge in [-0.3, -0.25) is 14.5 Å². The molecular formula is C29H31ClN4O2. The first-order valence-corrected chi connectivity index (χ1v) is 12.9. The SMILES string of the molecule is CN1C(=O)CCc2ccc(NC(=O)c3ccc(Cl)cc3NC3CCN(Cc4ccccc4)CC3)cc21. The number of nitrogens with zero attached hydrogens (tertiary/aromatic N) is 2. The molecule has 2 heterocycles. The molecule has 36 heavy (non-hydrogen) atoms. The highest BCUT2D eigenvalue weighted by Gasteiger charge is 2.23. The number of piperidine rings is 1. The van der Waals surface area contributed by atoms with Crippen LogP contribution in [-0.4, -0.2) is 42.9 Å². The van der Waals surface area contributed by atoms with E-state index in [0.717, 1.165) is 55.8 Å². The van der Waals surface area contributed by atoms with Crippen molar-refractivity contribution in [1.29, 1.82) is 0 Å². The highest BCUT2D eigenvalue weighted by atomic mass is 35.5. The summed E-state index contributed by atoms with van der Waals surface area (Å²) in [5.41, 5.74) is 5.24. The molecule has 186 valence electrons. The van der Waals surface area contributed by atoms with E-state index in [1.807, 2.05) is 30.3 Å². The Hall–Kier alpha value is -3.35. The molecule has 0 radical (unpaired) electrons. The van der Waals surface area contributed by atoms with Gasteiger partial charge in [-0.05, 0) is 60.7 Å². The van der Waals surface area contributed by atoms with Gasteiger partial charge in [-0.1, -0.05) is 48.0 Å². The zero-order valence-electron chi connectivity index (χ0n) is 20.5. The van der Waals surface area contributed by atoms with Gasteiger partial charge in [0.1, 0.15) is 0 Å². The Morgan fingerprint density at radius 2 is 1.78 bits per heavy atom. The summed E-state index contributed by atoms with van der Waals surface area (Å²) in [6.45, 7) is 2.95. The van der Waals surface area contributed by atoms with E-state index in [4.69, 9.17) is 11.6 Å². The third kappa shape index (κ3) is 5.55. The smallest absolute Gasteiger partial charge is 0.257 e. The molecule has 0 atom stereocenters. The molecule has 0 aromatic heterocycles. The van der Waals surface area contributed by atoms with Crippen molar-refractivity contribution < 1.29 is 9.59 Å². The summed E-state index contributed by atoms with van der Waals surface area (Å²) < 4.78 is 0. The fourth-order valence-corrected chi connectivity index (χ4v) is 5.21. The van der Waals surface area contributed by atoms with Crippen LogP contribution in [0.3, 0.4) is 0 Å². The van der Waals surface area contributed by atoms with Gasteiger partial charge in [0.15, 0.2) is 0 Å². The number of likely N-dealkylation sites (tertiary alicyclic amines) is 1. The first-order chi connectivity index (χ1) is 17.5. The van der Waals surface area contributed by atoms with E-state index in [9.17, 15) is 9.59 Å². The number of nitrogens with one attached hydrogen (secondary N) is 2. The maximum Gasteiger partial charge on any atom is 0.257 e. The van der Waals surface area contributed by atoms with Crippen molar-refractivity contribution in [3.8, 4) is 0 Å². The number of fused-ring (bicyclic) bond motifs is 1. The highest BCUT2D eigenvalue weighted by Crippen LogP contribution is 2.31. The van der Waals surface area contributed by atoms with Gasteiger partial charge in [0, 0.05) is 61.2 Å². The first kappa shape index (κ1) is 24.3. The summed E-state index contributed by atoms with van der Waals surface area (Å²) >= 11 is 6.30. The van der Waals surface area contributed by atoms with Gasteiger partial charge < -0.3 is 15.5 Å². The summed E-state index contributed by atoms with van der Waals surface area (Å²) in [6.07, 6.45) is 3.22. The van der Waals surface area contributed by atoms with E-state index in [1.165, 1.54) is 5.56 Å². The molecule has 2 aliphatic heterocycles. The van der Waals surface area contributed by atoms with E-state index in [-0.39, 0.29) is 17.9 Å². The lowest BCUT2D eigenvalue weighted by atomic mass is 10.0. The van der Waals surface area contributed by atoms with Crippen LogP contribution in [0.15, 0.2) is 66.7 Å². The third-order valence-corrected chi connectivity index (χ3v) is 7.34. The van der Waals surface area contributed by atoms with E-state index in [1.54, 1.807) is 24.1 Å². The number of aryl methyl sites for hydroxylation is 1. The van der Waals surface area contributed by atoms with Crippen LogP contribution in [0.4, 0.5) is 17.1 Å². The second-order valence-corrected chi connectivity index (χ2v) is 10.1. The van der Waals surface area contributed by atoms with Gasteiger partial charge in [0.05, 0.1) is 5.56 Å². The van der Waals surface area contributed by atoms with Crippen LogP contribution in [0.25, 0.3) is 0 Å². The maximum atomic E-state index is 13.3. The molecule has 0 unspecified atom stereocenters. The summed E-state index contributed by atoms with van der Waals surface area (Å²) in [5, 5.41) is 7.17. The van der Waals surface area contributed by atoms with Crippen molar-refractivity contribution in [1.82, 2.24) is 4.90 Å². The number of hydrogen-bond donors (Lipinski definition) is 2. The molecule has 0 saturated carbocycles. The lowest BCUT2D eigenvalue weighted by Crippen LogP contribution is -2.39. The fraction of sp³-hybridized carbons (Fsp3) is 0.310. The predicted molar refractivity (Wildman–Crippen MR) is 146 cm³/mol. The lowest BCUT2D eigenvalue weighted by Gasteiger charge is -2.33. The molecule has 2 aliphatic rings. The van der Waals surface area contributed by atoms with E-state index in [2.05, 4.69) is 39.8 Å². The number of anilines is 3. The standard InChI is InChI=1S/C29H31ClN4O2/c1-33-27-18-24(10-7-21(27)8-12-28(33)35)32-29(36)25-11-9-22(30)17-26(25)31-23-13-15-34(16-14-23)19-20-5-3-2-4-6-20/h2-7,9-11,17-18,23,31H,8,12-16,19H2,1H3,(H,32,36). The van der Waals surface area contributed by atoms with E-state index in [0.29, 0.717) is 22.7 Å². The second kappa shape index (κ2) is 10.7.